The molecule has 2 N–H and O–H groups in total. The van der Waals surface area contributed by atoms with Gasteiger partial charge in [0.2, 0.25) is 0 Å². The Hall–Kier alpha value is -3.49. The maximum Gasteiger partial charge on any atom is 0.335 e. The fraction of sp³-hybridized carbons (Fsp3) is 0.0455. The van der Waals surface area contributed by atoms with Gasteiger partial charge in [-0.3, -0.25) is 10.1 Å². The number of carboxylic acid groups (broad SMARTS) is 1. The summed E-state index contributed by atoms with van der Waals surface area (Å²) >= 11 is 2.90. The number of thiazole rings is 1. The van der Waals surface area contributed by atoms with E-state index < -0.39 is 5.97 Å². The van der Waals surface area contributed by atoms with Crippen molar-refractivity contribution in [3.05, 3.63) is 77.7 Å². The number of nitrogens with zero attached hydrogens (tertiary/aromatic N) is 1. The van der Waals surface area contributed by atoms with Gasteiger partial charge in [-0.1, -0.05) is 30.3 Å². The molecule has 0 atom stereocenters. The van der Waals surface area contributed by atoms with Gasteiger partial charge in [0.15, 0.2) is 11.7 Å². The molecule has 4 rings (SSSR count). The lowest BCUT2D eigenvalue weighted by Gasteiger charge is -2.05. The summed E-state index contributed by atoms with van der Waals surface area (Å²) in [4.78, 5) is 29.5. The highest BCUT2D eigenvalue weighted by atomic mass is 32.1. The maximum atomic E-state index is 12.1. The number of carbonyl (C=O) groups excluding carboxylic acids is 1. The van der Waals surface area contributed by atoms with E-state index in [1.54, 1.807) is 47.7 Å². The van der Waals surface area contributed by atoms with E-state index in [2.05, 4.69) is 10.3 Å². The molecule has 150 valence electrons. The summed E-state index contributed by atoms with van der Waals surface area (Å²) in [6.45, 7) is -0.0889. The van der Waals surface area contributed by atoms with Crippen LogP contribution in [0.3, 0.4) is 0 Å². The van der Waals surface area contributed by atoms with Crippen LogP contribution in [0.15, 0.2) is 72.1 Å². The number of amides is 1. The molecule has 0 aliphatic carbocycles. The van der Waals surface area contributed by atoms with Gasteiger partial charge in [0, 0.05) is 10.3 Å². The first-order chi connectivity index (χ1) is 14.6. The molecule has 30 heavy (non-hydrogen) atoms. The molecule has 0 saturated heterocycles. The molecule has 0 bridgehead atoms. The Kier molecular flexibility index (Phi) is 5.87. The van der Waals surface area contributed by atoms with E-state index in [1.807, 2.05) is 35.7 Å². The van der Waals surface area contributed by atoms with Gasteiger partial charge in [0.05, 0.1) is 16.1 Å². The van der Waals surface area contributed by atoms with Crippen LogP contribution >= 0.6 is 22.7 Å². The van der Waals surface area contributed by atoms with Gasteiger partial charge in [0.25, 0.3) is 5.91 Å². The highest BCUT2D eigenvalue weighted by molar-refractivity contribution is 7.19. The van der Waals surface area contributed by atoms with E-state index in [0.717, 1.165) is 21.0 Å². The molecule has 0 fully saturated rings. The van der Waals surface area contributed by atoms with Gasteiger partial charge in [-0.05, 0) is 42.0 Å². The fourth-order valence-corrected chi connectivity index (χ4v) is 4.45. The first-order valence-electron chi connectivity index (χ1n) is 8.95. The largest absolute Gasteiger partial charge is 0.484 e. The number of hydrogen-bond donors (Lipinski definition) is 2. The van der Waals surface area contributed by atoms with E-state index >= 15 is 0 Å². The summed E-state index contributed by atoms with van der Waals surface area (Å²) in [6, 6.07) is 19.8. The van der Waals surface area contributed by atoms with Gasteiger partial charge in [-0.15, -0.1) is 22.7 Å². The molecule has 0 radical (unpaired) electrons. The normalized spacial score (nSPS) is 10.5. The quantitative estimate of drug-likeness (QED) is 0.413. The zero-order valence-corrected chi connectivity index (χ0v) is 17.2. The lowest BCUT2D eigenvalue weighted by molar-refractivity contribution is -0.118. The maximum absolute atomic E-state index is 12.1. The third kappa shape index (κ3) is 4.73. The van der Waals surface area contributed by atoms with Crippen LogP contribution < -0.4 is 10.1 Å². The first-order valence-corrected chi connectivity index (χ1v) is 10.7. The number of hydrogen-bond acceptors (Lipinski definition) is 6. The van der Waals surface area contributed by atoms with Crippen molar-refractivity contribution in [2.75, 3.05) is 11.9 Å². The van der Waals surface area contributed by atoms with E-state index in [4.69, 9.17) is 9.84 Å². The van der Waals surface area contributed by atoms with Crippen LogP contribution in [-0.2, 0) is 4.79 Å². The number of benzene rings is 2. The van der Waals surface area contributed by atoms with Crippen LogP contribution in [0.5, 0.6) is 5.75 Å². The predicted molar refractivity (Wildman–Crippen MR) is 118 cm³/mol. The summed E-state index contributed by atoms with van der Waals surface area (Å²) < 4.78 is 5.44. The predicted octanol–water partition coefficient (Wildman–Crippen LogP) is 5.25. The number of aromatic carboxylic acids is 1. The molecule has 2 aromatic heterocycles. The molecule has 1 amide bonds. The Labute approximate surface area is 180 Å². The first kappa shape index (κ1) is 19.8. The average Bonchev–Trinajstić information content (AvgIpc) is 3.43. The minimum Gasteiger partial charge on any atom is -0.484 e. The molecule has 6 nitrogen and oxygen atoms in total. The number of rotatable bonds is 7. The molecule has 0 aliphatic heterocycles. The topological polar surface area (TPSA) is 88.5 Å². The van der Waals surface area contributed by atoms with Crippen LogP contribution in [0, 0.1) is 0 Å². The second kappa shape index (κ2) is 8.89. The number of carboxylic acids is 1. The lowest BCUT2D eigenvalue weighted by Crippen LogP contribution is -2.19. The van der Waals surface area contributed by atoms with E-state index in [0.29, 0.717) is 10.9 Å². The van der Waals surface area contributed by atoms with Crippen LogP contribution in [-0.4, -0.2) is 28.6 Å². The Bertz CT molecular complexity index is 1170. The van der Waals surface area contributed by atoms with Crippen molar-refractivity contribution in [2.45, 2.75) is 0 Å². The molecule has 0 saturated carbocycles. The number of aromatic nitrogens is 1. The smallest absolute Gasteiger partial charge is 0.335 e. The van der Waals surface area contributed by atoms with Gasteiger partial charge in [0.1, 0.15) is 5.75 Å². The lowest BCUT2D eigenvalue weighted by atomic mass is 10.1. The molecule has 2 heterocycles. The van der Waals surface area contributed by atoms with E-state index in [9.17, 15) is 9.59 Å². The minimum absolute atomic E-state index is 0.0889. The molecule has 0 spiro atoms. The van der Waals surface area contributed by atoms with Crippen LogP contribution in [0.4, 0.5) is 5.13 Å². The van der Waals surface area contributed by atoms with Crippen molar-refractivity contribution in [1.29, 1.82) is 0 Å². The zero-order valence-electron chi connectivity index (χ0n) is 15.6. The van der Waals surface area contributed by atoms with Crippen molar-refractivity contribution < 1.29 is 19.4 Å². The third-order valence-corrected chi connectivity index (χ3v) is 6.05. The summed E-state index contributed by atoms with van der Waals surface area (Å²) in [5.74, 6) is -0.584. The van der Waals surface area contributed by atoms with Crippen molar-refractivity contribution in [2.24, 2.45) is 0 Å². The Morgan fingerprint density at radius 3 is 2.43 bits per heavy atom. The molecule has 8 heteroatoms. The van der Waals surface area contributed by atoms with Crippen LogP contribution in [0.25, 0.3) is 21.0 Å². The monoisotopic (exact) mass is 436 g/mol. The van der Waals surface area contributed by atoms with Gasteiger partial charge in [-0.25, -0.2) is 9.78 Å². The standard InChI is InChI=1S/C22H16N2O4S2/c25-20(12-28-16-4-2-1-3-5-16)24-22-23-17(13-29-22)19-11-10-18(30-19)14-6-8-15(9-7-14)21(26)27/h1-11,13H,12H2,(H,26,27)(H,23,24,25). The average molecular weight is 437 g/mol. The third-order valence-electron chi connectivity index (χ3n) is 4.14. The molecular weight excluding hydrogens is 420 g/mol. The van der Waals surface area contributed by atoms with Crippen LogP contribution in [0.1, 0.15) is 10.4 Å². The summed E-state index contributed by atoms with van der Waals surface area (Å²) in [5, 5.41) is 14.2. The van der Waals surface area contributed by atoms with Gasteiger partial charge < -0.3 is 9.84 Å². The summed E-state index contributed by atoms with van der Waals surface area (Å²) in [7, 11) is 0. The number of para-hydroxylation sites is 1. The Morgan fingerprint density at radius 2 is 1.70 bits per heavy atom. The minimum atomic E-state index is -0.945. The van der Waals surface area contributed by atoms with Crippen molar-refractivity contribution in [1.82, 2.24) is 4.98 Å². The van der Waals surface area contributed by atoms with Crippen molar-refractivity contribution in [3.63, 3.8) is 0 Å². The highest BCUT2D eigenvalue weighted by Gasteiger charge is 2.12. The SMILES string of the molecule is O=C(COc1ccccc1)Nc1nc(-c2ccc(-c3ccc(C(=O)O)cc3)s2)cs1. The second-order valence-corrected chi connectivity index (χ2v) is 8.18. The zero-order chi connectivity index (χ0) is 20.9. The number of carbonyl (C=O) groups is 2. The molecule has 0 aliphatic rings. The Balaban J connectivity index is 1.39. The van der Waals surface area contributed by atoms with E-state index in [-0.39, 0.29) is 18.1 Å². The van der Waals surface area contributed by atoms with E-state index in [1.165, 1.54) is 11.3 Å². The highest BCUT2D eigenvalue weighted by Crippen LogP contribution is 2.35. The van der Waals surface area contributed by atoms with Gasteiger partial charge >= 0.3 is 5.97 Å². The second-order valence-electron chi connectivity index (χ2n) is 6.23. The molecule has 2 aromatic carbocycles. The number of ether oxygens (including phenoxy) is 1. The number of nitrogens with one attached hydrogen (secondary N) is 1. The number of anilines is 1. The molecular formula is C22H16N2O4S2. The Morgan fingerprint density at radius 1 is 0.967 bits per heavy atom. The van der Waals surface area contributed by atoms with Crippen molar-refractivity contribution in [3.8, 4) is 26.8 Å². The summed E-state index contributed by atoms with van der Waals surface area (Å²) in [5.41, 5.74) is 1.97. The fourth-order valence-electron chi connectivity index (χ4n) is 2.67. The molecule has 4 aromatic rings. The van der Waals surface area contributed by atoms with Gasteiger partial charge in [-0.2, -0.15) is 0 Å². The molecule has 0 unspecified atom stereocenters. The summed E-state index contributed by atoms with van der Waals surface area (Å²) in [6.07, 6.45) is 0. The number of thiophene rings is 1. The van der Waals surface area contributed by atoms with Crippen LogP contribution in [0.2, 0.25) is 0 Å². The van der Waals surface area contributed by atoms with Crippen molar-refractivity contribution >= 4 is 39.7 Å².